The predicted molar refractivity (Wildman–Crippen MR) is 70.6 cm³/mol. The van der Waals surface area contributed by atoms with E-state index < -0.39 is 10.0 Å². The van der Waals surface area contributed by atoms with Crippen molar-refractivity contribution in [3.63, 3.8) is 0 Å². The molecule has 0 atom stereocenters. The molecule has 0 fully saturated rings. The number of aryl methyl sites for hydroxylation is 1. The largest absolute Gasteiger partial charge is 0.381 e. The molecule has 2 aromatic heterocycles. The lowest BCUT2D eigenvalue weighted by Crippen LogP contribution is -2.28. The highest BCUT2D eigenvalue weighted by molar-refractivity contribution is 7.89. The first-order chi connectivity index (χ1) is 8.43. The Bertz CT molecular complexity index is 611. The second kappa shape index (κ2) is 4.71. The van der Waals surface area contributed by atoms with Gasteiger partial charge in [-0.1, -0.05) is 6.07 Å². The molecule has 0 radical (unpaired) electrons. The first kappa shape index (κ1) is 13.1. The standard InChI is InChI=1S/C10H14N4O2S2/c1-13-7-12-9(11)10(13)18(15,16)14(2)6-8-4-3-5-17-8/h3-5,7H,6,11H2,1-2H3. The first-order valence-corrected chi connectivity index (χ1v) is 7.50. The number of sulfonamides is 1. The summed E-state index contributed by atoms with van der Waals surface area (Å²) >= 11 is 1.51. The molecule has 2 rings (SSSR count). The summed E-state index contributed by atoms with van der Waals surface area (Å²) in [6.45, 7) is 0.324. The van der Waals surface area contributed by atoms with E-state index >= 15 is 0 Å². The molecule has 2 heterocycles. The molecule has 0 saturated heterocycles. The van der Waals surface area contributed by atoms with Gasteiger partial charge in [-0.3, -0.25) is 0 Å². The molecular formula is C10H14N4O2S2. The van der Waals surface area contributed by atoms with Gasteiger partial charge in [-0.05, 0) is 11.4 Å². The van der Waals surface area contributed by atoms with Crippen LogP contribution < -0.4 is 5.73 Å². The predicted octanol–water partition coefficient (Wildman–Crippen LogP) is 0.885. The maximum atomic E-state index is 12.4. The molecule has 0 unspecified atom stereocenters. The van der Waals surface area contributed by atoms with Crippen molar-refractivity contribution >= 4 is 27.2 Å². The van der Waals surface area contributed by atoms with Gasteiger partial charge in [0.05, 0.1) is 6.33 Å². The number of rotatable bonds is 4. The van der Waals surface area contributed by atoms with E-state index in [4.69, 9.17) is 5.73 Å². The maximum Gasteiger partial charge on any atom is 0.262 e. The Morgan fingerprint density at radius 1 is 1.56 bits per heavy atom. The number of nitrogen functional groups attached to an aromatic ring is 1. The van der Waals surface area contributed by atoms with Crippen LogP contribution in [-0.2, 0) is 23.6 Å². The smallest absolute Gasteiger partial charge is 0.262 e. The van der Waals surface area contributed by atoms with Crippen molar-refractivity contribution in [1.29, 1.82) is 0 Å². The fraction of sp³-hybridized carbons (Fsp3) is 0.300. The number of aromatic nitrogens is 2. The molecule has 0 aliphatic heterocycles. The Hall–Kier alpha value is -1.38. The highest BCUT2D eigenvalue weighted by Gasteiger charge is 2.27. The molecule has 8 heteroatoms. The van der Waals surface area contributed by atoms with Crippen molar-refractivity contribution in [2.24, 2.45) is 7.05 Å². The first-order valence-electron chi connectivity index (χ1n) is 5.18. The SMILES string of the molecule is CN(Cc1cccs1)S(=O)(=O)c1c(N)ncn1C. The summed E-state index contributed by atoms with van der Waals surface area (Å²) in [5.41, 5.74) is 5.60. The van der Waals surface area contributed by atoms with Gasteiger partial charge < -0.3 is 10.3 Å². The lowest BCUT2D eigenvalue weighted by molar-refractivity contribution is 0.463. The van der Waals surface area contributed by atoms with E-state index in [9.17, 15) is 8.42 Å². The summed E-state index contributed by atoms with van der Waals surface area (Å²) in [7, 11) is -0.482. The van der Waals surface area contributed by atoms with Gasteiger partial charge in [-0.2, -0.15) is 4.31 Å². The van der Waals surface area contributed by atoms with E-state index in [-0.39, 0.29) is 10.8 Å². The Labute approximate surface area is 110 Å². The summed E-state index contributed by atoms with van der Waals surface area (Å²) < 4.78 is 27.4. The van der Waals surface area contributed by atoms with Crippen LogP contribution in [0, 0.1) is 0 Å². The minimum atomic E-state index is -3.62. The highest BCUT2D eigenvalue weighted by atomic mass is 32.2. The van der Waals surface area contributed by atoms with E-state index in [1.807, 2.05) is 17.5 Å². The molecule has 2 aromatic rings. The van der Waals surface area contributed by atoms with Crippen molar-refractivity contribution in [2.75, 3.05) is 12.8 Å². The van der Waals surface area contributed by atoms with E-state index in [0.29, 0.717) is 6.54 Å². The second-order valence-corrected chi connectivity index (χ2v) is 6.88. The quantitative estimate of drug-likeness (QED) is 0.905. The van der Waals surface area contributed by atoms with E-state index in [1.165, 1.54) is 33.6 Å². The number of nitrogens with two attached hydrogens (primary N) is 1. The van der Waals surface area contributed by atoms with Crippen LogP contribution in [0.2, 0.25) is 0 Å². The third-order valence-corrected chi connectivity index (χ3v) is 5.32. The molecule has 6 nitrogen and oxygen atoms in total. The minimum Gasteiger partial charge on any atom is -0.381 e. The topological polar surface area (TPSA) is 81.2 Å². The summed E-state index contributed by atoms with van der Waals surface area (Å²) in [6, 6.07) is 3.78. The number of anilines is 1. The summed E-state index contributed by atoms with van der Waals surface area (Å²) in [4.78, 5) is 4.77. The summed E-state index contributed by atoms with van der Waals surface area (Å²) in [6.07, 6.45) is 1.39. The van der Waals surface area contributed by atoms with Crippen LogP contribution in [0.15, 0.2) is 28.9 Å². The normalized spacial score (nSPS) is 12.2. The minimum absolute atomic E-state index is 0.0236. The number of hydrogen-bond acceptors (Lipinski definition) is 5. The second-order valence-electron chi connectivity index (χ2n) is 3.89. The zero-order valence-electron chi connectivity index (χ0n) is 10.1. The van der Waals surface area contributed by atoms with Crippen LogP contribution in [0.25, 0.3) is 0 Å². The number of thiophene rings is 1. The molecule has 18 heavy (non-hydrogen) atoms. The third-order valence-electron chi connectivity index (χ3n) is 2.52. The zero-order valence-corrected chi connectivity index (χ0v) is 11.7. The Balaban J connectivity index is 2.32. The van der Waals surface area contributed by atoms with Gasteiger partial charge in [-0.25, -0.2) is 13.4 Å². The molecule has 98 valence electrons. The van der Waals surface area contributed by atoms with E-state index in [0.717, 1.165) is 4.88 Å². The van der Waals surface area contributed by atoms with Gasteiger partial charge >= 0.3 is 0 Å². The monoisotopic (exact) mass is 286 g/mol. The van der Waals surface area contributed by atoms with Crippen LogP contribution in [0.3, 0.4) is 0 Å². The van der Waals surface area contributed by atoms with Crippen LogP contribution >= 0.6 is 11.3 Å². The van der Waals surface area contributed by atoms with Gasteiger partial charge in [-0.15, -0.1) is 11.3 Å². The molecule has 0 spiro atoms. The van der Waals surface area contributed by atoms with Crippen molar-refractivity contribution in [3.8, 4) is 0 Å². The number of imidazole rings is 1. The zero-order chi connectivity index (χ0) is 13.3. The van der Waals surface area contributed by atoms with Gasteiger partial charge in [0.2, 0.25) is 0 Å². The number of nitrogens with zero attached hydrogens (tertiary/aromatic N) is 3. The molecule has 0 aliphatic rings. The fourth-order valence-corrected chi connectivity index (χ4v) is 3.78. The van der Waals surface area contributed by atoms with Crippen LogP contribution in [0.1, 0.15) is 4.88 Å². The van der Waals surface area contributed by atoms with E-state index in [1.54, 1.807) is 7.05 Å². The lowest BCUT2D eigenvalue weighted by atomic mass is 10.5. The third kappa shape index (κ3) is 2.26. The van der Waals surface area contributed by atoms with Crippen molar-refractivity contribution in [2.45, 2.75) is 11.6 Å². The molecule has 0 bridgehead atoms. The Morgan fingerprint density at radius 2 is 2.28 bits per heavy atom. The molecule has 0 amide bonds. The van der Waals surface area contributed by atoms with Crippen molar-refractivity contribution < 1.29 is 8.42 Å². The Morgan fingerprint density at radius 3 is 2.78 bits per heavy atom. The molecule has 0 aliphatic carbocycles. The van der Waals surface area contributed by atoms with Crippen LogP contribution in [-0.4, -0.2) is 29.3 Å². The molecule has 0 saturated carbocycles. The number of hydrogen-bond donors (Lipinski definition) is 1. The molecule has 2 N–H and O–H groups in total. The molecule has 0 aromatic carbocycles. The average Bonchev–Trinajstić information content (AvgIpc) is 2.89. The van der Waals surface area contributed by atoms with Gasteiger partial charge in [0.15, 0.2) is 10.8 Å². The maximum absolute atomic E-state index is 12.4. The van der Waals surface area contributed by atoms with Gasteiger partial charge in [0.25, 0.3) is 10.0 Å². The van der Waals surface area contributed by atoms with Crippen LogP contribution in [0.5, 0.6) is 0 Å². The lowest BCUT2D eigenvalue weighted by Gasteiger charge is -2.16. The Kier molecular flexibility index (Phi) is 3.42. The summed E-state index contributed by atoms with van der Waals surface area (Å²) in [5.74, 6) is 0.0236. The molecular weight excluding hydrogens is 272 g/mol. The van der Waals surface area contributed by atoms with Crippen molar-refractivity contribution in [1.82, 2.24) is 13.9 Å². The van der Waals surface area contributed by atoms with Gasteiger partial charge in [0.1, 0.15) is 0 Å². The average molecular weight is 286 g/mol. The van der Waals surface area contributed by atoms with Gasteiger partial charge in [0, 0.05) is 25.5 Å². The summed E-state index contributed by atoms with van der Waals surface area (Å²) in [5, 5.41) is 1.94. The van der Waals surface area contributed by atoms with Crippen LogP contribution in [0.4, 0.5) is 5.82 Å². The fourth-order valence-electron chi connectivity index (χ4n) is 1.61. The highest BCUT2D eigenvalue weighted by Crippen LogP contribution is 2.22. The van der Waals surface area contributed by atoms with E-state index in [2.05, 4.69) is 4.98 Å². The van der Waals surface area contributed by atoms with Crippen molar-refractivity contribution in [3.05, 3.63) is 28.7 Å².